The number of hydrogen-bond donors (Lipinski definition) is 0. The fraction of sp³-hybridized carbons (Fsp3) is 0.278. The molecule has 112 valence electrons. The maximum absolute atomic E-state index is 8.78. The van der Waals surface area contributed by atoms with Crippen LogP contribution >= 0.6 is 0 Å². The van der Waals surface area contributed by atoms with Crippen molar-refractivity contribution in [2.45, 2.75) is 20.8 Å². The minimum absolute atomic E-state index is 0.624. The van der Waals surface area contributed by atoms with Crippen LogP contribution < -0.4 is 4.90 Å². The first-order chi connectivity index (χ1) is 10.7. The lowest BCUT2D eigenvalue weighted by atomic mass is 10.1. The Hall–Kier alpha value is -2.67. The first-order valence-electron chi connectivity index (χ1n) is 7.45. The number of aryl methyl sites for hydroxylation is 1. The summed E-state index contributed by atoms with van der Waals surface area (Å²) in [5.41, 5.74) is 4.53. The summed E-state index contributed by atoms with van der Waals surface area (Å²) in [5, 5.41) is 17.3. The van der Waals surface area contributed by atoms with E-state index in [1.54, 1.807) is 24.3 Å². The highest BCUT2D eigenvalue weighted by Gasteiger charge is 2.04. The molecule has 0 saturated carbocycles. The SMILES string of the molecule is CCN(CC)c1ccc(N=Nc2ccc(C#N)cc2)c(C)c1. The van der Waals surface area contributed by atoms with Crippen molar-refractivity contribution in [3.05, 3.63) is 53.6 Å². The van der Waals surface area contributed by atoms with Gasteiger partial charge in [0.1, 0.15) is 0 Å². The molecule has 2 aromatic carbocycles. The number of benzene rings is 2. The Morgan fingerprint density at radius 3 is 2.23 bits per heavy atom. The maximum atomic E-state index is 8.78. The molecule has 2 rings (SSSR count). The summed E-state index contributed by atoms with van der Waals surface area (Å²) in [6.07, 6.45) is 0. The highest BCUT2D eigenvalue weighted by atomic mass is 15.1. The van der Waals surface area contributed by atoms with Crippen molar-refractivity contribution in [2.75, 3.05) is 18.0 Å². The Balaban J connectivity index is 2.19. The molecule has 0 radical (unpaired) electrons. The lowest BCUT2D eigenvalue weighted by Gasteiger charge is -2.21. The average molecular weight is 292 g/mol. The van der Waals surface area contributed by atoms with Crippen molar-refractivity contribution in [1.29, 1.82) is 5.26 Å². The molecule has 0 aromatic heterocycles. The van der Waals surface area contributed by atoms with E-state index in [0.29, 0.717) is 5.56 Å². The summed E-state index contributed by atoms with van der Waals surface area (Å²) >= 11 is 0. The van der Waals surface area contributed by atoms with Crippen LogP contribution in [-0.2, 0) is 0 Å². The Bertz CT molecular complexity index is 692. The van der Waals surface area contributed by atoms with Crippen molar-refractivity contribution < 1.29 is 0 Å². The van der Waals surface area contributed by atoms with Crippen LogP contribution in [0.4, 0.5) is 17.1 Å². The van der Waals surface area contributed by atoms with Crippen LogP contribution in [0.25, 0.3) is 0 Å². The molecule has 0 fully saturated rings. The summed E-state index contributed by atoms with van der Waals surface area (Å²) in [6, 6.07) is 15.4. The van der Waals surface area contributed by atoms with Gasteiger partial charge in [0.15, 0.2) is 0 Å². The summed E-state index contributed by atoms with van der Waals surface area (Å²) < 4.78 is 0. The molecule has 4 heteroatoms. The highest BCUT2D eigenvalue weighted by molar-refractivity contribution is 5.57. The molecule has 0 bridgehead atoms. The number of azo groups is 1. The summed E-state index contributed by atoms with van der Waals surface area (Å²) in [5.74, 6) is 0. The van der Waals surface area contributed by atoms with E-state index in [1.165, 1.54) is 5.69 Å². The van der Waals surface area contributed by atoms with Gasteiger partial charge in [-0.1, -0.05) is 0 Å². The van der Waals surface area contributed by atoms with Crippen LogP contribution in [0.3, 0.4) is 0 Å². The highest BCUT2D eigenvalue weighted by Crippen LogP contribution is 2.26. The van der Waals surface area contributed by atoms with E-state index in [4.69, 9.17) is 5.26 Å². The molecule has 0 aliphatic rings. The number of rotatable bonds is 5. The topological polar surface area (TPSA) is 51.8 Å². The van der Waals surface area contributed by atoms with Gasteiger partial charge in [0.05, 0.1) is 23.0 Å². The van der Waals surface area contributed by atoms with Crippen LogP contribution in [0.1, 0.15) is 25.0 Å². The molecule has 0 unspecified atom stereocenters. The van der Waals surface area contributed by atoms with E-state index >= 15 is 0 Å². The normalized spacial score (nSPS) is 10.6. The Labute approximate surface area is 131 Å². The summed E-state index contributed by atoms with van der Waals surface area (Å²) in [6.45, 7) is 8.32. The number of anilines is 1. The monoisotopic (exact) mass is 292 g/mol. The van der Waals surface area contributed by atoms with Gasteiger partial charge in [0.25, 0.3) is 0 Å². The first kappa shape index (κ1) is 15.7. The molecule has 0 N–H and O–H groups in total. The van der Waals surface area contributed by atoms with Crippen molar-refractivity contribution >= 4 is 17.1 Å². The zero-order valence-electron chi connectivity index (χ0n) is 13.2. The van der Waals surface area contributed by atoms with Gasteiger partial charge in [0.2, 0.25) is 0 Å². The zero-order chi connectivity index (χ0) is 15.9. The van der Waals surface area contributed by atoms with Gasteiger partial charge in [-0.2, -0.15) is 15.5 Å². The third-order valence-electron chi connectivity index (χ3n) is 3.58. The molecule has 0 amide bonds. The second-order valence-corrected chi connectivity index (χ2v) is 5.00. The molecular formula is C18H20N4. The second kappa shape index (κ2) is 7.37. The smallest absolute Gasteiger partial charge is 0.0991 e. The van der Waals surface area contributed by atoms with Gasteiger partial charge in [0, 0.05) is 18.8 Å². The number of nitrogens with zero attached hydrogens (tertiary/aromatic N) is 4. The Kier molecular flexibility index (Phi) is 5.26. The average Bonchev–Trinajstić information content (AvgIpc) is 2.55. The molecule has 0 aliphatic heterocycles. The first-order valence-corrected chi connectivity index (χ1v) is 7.45. The van der Waals surface area contributed by atoms with Crippen molar-refractivity contribution in [3.8, 4) is 6.07 Å². The van der Waals surface area contributed by atoms with E-state index in [9.17, 15) is 0 Å². The Morgan fingerprint density at radius 1 is 1.00 bits per heavy atom. The molecule has 0 spiro atoms. The third-order valence-corrected chi connectivity index (χ3v) is 3.58. The van der Waals surface area contributed by atoms with Crippen molar-refractivity contribution in [3.63, 3.8) is 0 Å². The predicted molar refractivity (Wildman–Crippen MR) is 90.1 cm³/mol. The molecule has 0 atom stereocenters. The Morgan fingerprint density at radius 2 is 1.68 bits per heavy atom. The molecular weight excluding hydrogens is 272 g/mol. The van der Waals surface area contributed by atoms with Gasteiger partial charge < -0.3 is 4.90 Å². The maximum Gasteiger partial charge on any atom is 0.0991 e. The molecule has 22 heavy (non-hydrogen) atoms. The van der Waals surface area contributed by atoms with Crippen molar-refractivity contribution in [2.24, 2.45) is 10.2 Å². The van der Waals surface area contributed by atoms with Crippen LogP contribution in [0.15, 0.2) is 52.7 Å². The number of nitriles is 1. The lowest BCUT2D eigenvalue weighted by Crippen LogP contribution is -2.21. The lowest BCUT2D eigenvalue weighted by molar-refractivity contribution is 0.865. The van der Waals surface area contributed by atoms with Gasteiger partial charge >= 0.3 is 0 Å². The van der Waals surface area contributed by atoms with Crippen LogP contribution in [-0.4, -0.2) is 13.1 Å². The van der Waals surface area contributed by atoms with E-state index in [1.807, 2.05) is 13.0 Å². The minimum Gasteiger partial charge on any atom is -0.372 e. The van der Waals surface area contributed by atoms with E-state index < -0.39 is 0 Å². The predicted octanol–water partition coefficient (Wildman–Crippen LogP) is 5.13. The molecule has 2 aromatic rings. The molecule has 0 saturated heterocycles. The van der Waals surface area contributed by atoms with Gasteiger partial charge in [-0.25, -0.2) is 0 Å². The fourth-order valence-corrected chi connectivity index (χ4v) is 2.25. The van der Waals surface area contributed by atoms with Crippen LogP contribution in [0, 0.1) is 18.3 Å². The fourth-order valence-electron chi connectivity index (χ4n) is 2.25. The molecule has 0 aliphatic carbocycles. The molecule has 0 heterocycles. The summed E-state index contributed by atoms with van der Waals surface area (Å²) in [7, 11) is 0. The van der Waals surface area contributed by atoms with Gasteiger partial charge in [-0.15, -0.1) is 0 Å². The minimum atomic E-state index is 0.624. The quantitative estimate of drug-likeness (QED) is 0.717. The van der Waals surface area contributed by atoms with E-state index in [2.05, 4.69) is 47.2 Å². The zero-order valence-corrected chi connectivity index (χ0v) is 13.2. The summed E-state index contributed by atoms with van der Waals surface area (Å²) in [4.78, 5) is 2.30. The third kappa shape index (κ3) is 3.70. The number of hydrogen-bond acceptors (Lipinski definition) is 4. The second-order valence-electron chi connectivity index (χ2n) is 5.00. The van der Waals surface area contributed by atoms with Gasteiger partial charge in [-0.3, -0.25) is 0 Å². The van der Waals surface area contributed by atoms with Crippen molar-refractivity contribution in [1.82, 2.24) is 0 Å². The molecule has 4 nitrogen and oxygen atoms in total. The standard InChI is InChI=1S/C18H20N4/c1-4-22(5-2)17-10-11-18(14(3)12-17)21-20-16-8-6-15(13-19)7-9-16/h6-12H,4-5H2,1-3H3. The van der Waals surface area contributed by atoms with Gasteiger partial charge in [-0.05, 0) is 68.8 Å². The van der Waals surface area contributed by atoms with Crippen LogP contribution in [0.5, 0.6) is 0 Å². The van der Waals surface area contributed by atoms with E-state index in [0.717, 1.165) is 30.0 Å². The largest absolute Gasteiger partial charge is 0.372 e. The van der Waals surface area contributed by atoms with Crippen LogP contribution in [0.2, 0.25) is 0 Å². The van der Waals surface area contributed by atoms with E-state index in [-0.39, 0.29) is 0 Å².